The molecule has 0 aliphatic carbocycles. The first-order valence-corrected chi connectivity index (χ1v) is 7.30. The molecule has 0 saturated carbocycles. The molecule has 2 N–H and O–H groups in total. The molecule has 0 aliphatic heterocycles. The topological polar surface area (TPSA) is 53.6 Å². The van der Waals surface area contributed by atoms with E-state index in [1.807, 2.05) is 0 Å². The van der Waals surface area contributed by atoms with Crippen molar-refractivity contribution >= 4 is 21.4 Å². The molecule has 0 radical (unpaired) electrons. The van der Waals surface area contributed by atoms with Gasteiger partial charge in [0.1, 0.15) is 12.2 Å². The Balaban J connectivity index is 1.89. The SMILES string of the molecule is CCNC(Cc1csc2ccccc12)c1ncn[nH]1. The molecule has 3 rings (SSSR count). The number of rotatable bonds is 5. The van der Waals surface area contributed by atoms with E-state index in [4.69, 9.17) is 0 Å². The first-order valence-electron chi connectivity index (χ1n) is 6.42. The van der Waals surface area contributed by atoms with Gasteiger partial charge in [-0.3, -0.25) is 5.10 Å². The van der Waals surface area contributed by atoms with Crippen molar-refractivity contribution in [2.75, 3.05) is 6.54 Å². The Morgan fingerprint density at radius 2 is 2.26 bits per heavy atom. The monoisotopic (exact) mass is 272 g/mol. The van der Waals surface area contributed by atoms with Crippen LogP contribution < -0.4 is 5.32 Å². The highest BCUT2D eigenvalue weighted by Gasteiger charge is 2.16. The van der Waals surface area contributed by atoms with E-state index in [0.29, 0.717) is 0 Å². The van der Waals surface area contributed by atoms with Crippen LogP contribution in [0.5, 0.6) is 0 Å². The summed E-state index contributed by atoms with van der Waals surface area (Å²) in [6.45, 7) is 3.02. The summed E-state index contributed by atoms with van der Waals surface area (Å²) < 4.78 is 1.34. The molecule has 5 heteroatoms. The Morgan fingerprint density at radius 1 is 1.37 bits per heavy atom. The van der Waals surface area contributed by atoms with Crippen LogP contribution >= 0.6 is 11.3 Å². The normalized spacial score (nSPS) is 12.9. The van der Waals surface area contributed by atoms with Crippen LogP contribution in [0, 0.1) is 0 Å². The fraction of sp³-hybridized carbons (Fsp3) is 0.286. The number of aromatic nitrogens is 3. The summed E-state index contributed by atoms with van der Waals surface area (Å²) in [7, 11) is 0. The third-order valence-electron chi connectivity index (χ3n) is 3.20. The molecular formula is C14H16N4S. The van der Waals surface area contributed by atoms with E-state index in [-0.39, 0.29) is 6.04 Å². The molecule has 0 bridgehead atoms. The van der Waals surface area contributed by atoms with Crippen molar-refractivity contribution in [2.24, 2.45) is 0 Å². The van der Waals surface area contributed by atoms with E-state index in [9.17, 15) is 0 Å². The molecule has 0 amide bonds. The second-order valence-electron chi connectivity index (χ2n) is 4.44. The fourth-order valence-corrected chi connectivity index (χ4v) is 3.28. The molecule has 4 nitrogen and oxygen atoms in total. The van der Waals surface area contributed by atoms with Gasteiger partial charge in [0.15, 0.2) is 0 Å². The number of benzene rings is 1. The largest absolute Gasteiger partial charge is 0.307 e. The van der Waals surface area contributed by atoms with Gasteiger partial charge in [0.25, 0.3) is 0 Å². The van der Waals surface area contributed by atoms with Crippen LogP contribution in [0.3, 0.4) is 0 Å². The summed E-state index contributed by atoms with van der Waals surface area (Å²) >= 11 is 1.80. The van der Waals surface area contributed by atoms with E-state index >= 15 is 0 Å². The van der Waals surface area contributed by atoms with E-state index in [0.717, 1.165) is 18.8 Å². The molecule has 0 fully saturated rings. The summed E-state index contributed by atoms with van der Waals surface area (Å²) in [6.07, 6.45) is 2.48. The number of H-pyrrole nitrogens is 1. The fourth-order valence-electron chi connectivity index (χ4n) is 2.31. The van der Waals surface area contributed by atoms with Crippen molar-refractivity contribution in [3.63, 3.8) is 0 Å². The maximum Gasteiger partial charge on any atom is 0.141 e. The molecule has 19 heavy (non-hydrogen) atoms. The number of hydrogen-bond acceptors (Lipinski definition) is 4. The number of nitrogens with one attached hydrogen (secondary N) is 2. The zero-order chi connectivity index (χ0) is 13.1. The number of hydrogen-bond donors (Lipinski definition) is 2. The Labute approximate surface area is 115 Å². The summed E-state index contributed by atoms with van der Waals surface area (Å²) in [4.78, 5) is 4.27. The number of fused-ring (bicyclic) bond motifs is 1. The third-order valence-corrected chi connectivity index (χ3v) is 4.21. The van der Waals surface area contributed by atoms with Gasteiger partial charge in [-0.1, -0.05) is 25.1 Å². The Morgan fingerprint density at radius 3 is 3.05 bits per heavy atom. The smallest absolute Gasteiger partial charge is 0.141 e. The van der Waals surface area contributed by atoms with E-state index in [1.54, 1.807) is 17.7 Å². The lowest BCUT2D eigenvalue weighted by atomic mass is 10.0. The van der Waals surface area contributed by atoms with Crippen molar-refractivity contribution in [3.8, 4) is 0 Å². The van der Waals surface area contributed by atoms with E-state index in [1.165, 1.54) is 15.6 Å². The summed E-state index contributed by atoms with van der Waals surface area (Å²) in [5, 5.41) is 13.9. The predicted molar refractivity (Wildman–Crippen MR) is 78.3 cm³/mol. The maximum atomic E-state index is 4.27. The van der Waals surface area contributed by atoms with Crippen molar-refractivity contribution in [1.29, 1.82) is 0 Å². The maximum absolute atomic E-state index is 4.27. The highest BCUT2D eigenvalue weighted by Crippen LogP contribution is 2.28. The highest BCUT2D eigenvalue weighted by molar-refractivity contribution is 7.17. The molecule has 98 valence electrons. The average Bonchev–Trinajstić information content (AvgIpc) is 3.08. The lowest BCUT2D eigenvalue weighted by Crippen LogP contribution is -2.24. The summed E-state index contributed by atoms with van der Waals surface area (Å²) in [5.74, 6) is 0.900. The average molecular weight is 272 g/mol. The molecule has 0 spiro atoms. The Bertz CT molecular complexity index is 644. The Kier molecular flexibility index (Phi) is 3.57. The van der Waals surface area contributed by atoms with Crippen molar-refractivity contribution < 1.29 is 0 Å². The number of nitrogens with zero attached hydrogens (tertiary/aromatic N) is 2. The van der Waals surface area contributed by atoms with Crippen molar-refractivity contribution in [2.45, 2.75) is 19.4 Å². The van der Waals surface area contributed by atoms with Gasteiger partial charge in [0.05, 0.1) is 6.04 Å². The van der Waals surface area contributed by atoms with Crippen LogP contribution in [0.15, 0.2) is 36.0 Å². The van der Waals surface area contributed by atoms with Crippen molar-refractivity contribution in [3.05, 3.63) is 47.4 Å². The first kappa shape index (κ1) is 12.3. The van der Waals surface area contributed by atoms with Gasteiger partial charge in [0.2, 0.25) is 0 Å². The highest BCUT2D eigenvalue weighted by atomic mass is 32.1. The Hall–Kier alpha value is -1.72. The minimum Gasteiger partial charge on any atom is -0.307 e. The van der Waals surface area contributed by atoms with Gasteiger partial charge in [-0.15, -0.1) is 11.3 Å². The zero-order valence-corrected chi connectivity index (χ0v) is 11.6. The standard InChI is InChI=1S/C14H16N4S/c1-2-15-12(14-16-9-17-18-14)7-10-8-19-13-6-4-3-5-11(10)13/h3-6,8-9,12,15H,2,7H2,1H3,(H,16,17,18). The number of likely N-dealkylation sites (N-methyl/N-ethyl adjacent to an activating group) is 1. The molecule has 2 aromatic heterocycles. The van der Waals surface area contributed by atoms with Crippen molar-refractivity contribution in [1.82, 2.24) is 20.5 Å². The molecule has 3 aromatic rings. The molecule has 1 aromatic carbocycles. The van der Waals surface area contributed by atoms with Gasteiger partial charge in [-0.25, -0.2) is 4.98 Å². The van der Waals surface area contributed by atoms with Crippen LogP contribution in [0.2, 0.25) is 0 Å². The van der Waals surface area contributed by atoms with E-state index < -0.39 is 0 Å². The first-order chi connectivity index (χ1) is 9.38. The van der Waals surface area contributed by atoms with Crippen LogP contribution in [-0.4, -0.2) is 21.7 Å². The van der Waals surface area contributed by atoms with Gasteiger partial charge >= 0.3 is 0 Å². The second-order valence-corrected chi connectivity index (χ2v) is 5.35. The lowest BCUT2D eigenvalue weighted by molar-refractivity contribution is 0.525. The second kappa shape index (κ2) is 5.50. The summed E-state index contributed by atoms with van der Waals surface area (Å²) in [6, 6.07) is 8.71. The molecule has 0 aliphatic rings. The predicted octanol–water partition coefficient (Wildman–Crippen LogP) is 2.91. The van der Waals surface area contributed by atoms with Gasteiger partial charge in [-0.2, -0.15) is 5.10 Å². The number of aromatic amines is 1. The van der Waals surface area contributed by atoms with Gasteiger partial charge in [-0.05, 0) is 35.4 Å². The van der Waals surface area contributed by atoms with E-state index in [2.05, 4.69) is 57.1 Å². The molecule has 1 atom stereocenters. The van der Waals surface area contributed by atoms with Crippen LogP contribution in [0.25, 0.3) is 10.1 Å². The lowest BCUT2D eigenvalue weighted by Gasteiger charge is -2.14. The zero-order valence-electron chi connectivity index (χ0n) is 10.8. The number of thiophene rings is 1. The molecular weight excluding hydrogens is 256 g/mol. The molecule has 2 heterocycles. The van der Waals surface area contributed by atoms with Crippen LogP contribution in [0.1, 0.15) is 24.4 Å². The van der Waals surface area contributed by atoms with Crippen LogP contribution in [-0.2, 0) is 6.42 Å². The minimum absolute atomic E-state index is 0.186. The van der Waals surface area contributed by atoms with Gasteiger partial charge in [0, 0.05) is 4.70 Å². The third kappa shape index (κ3) is 2.52. The van der Waals surface area contributed by atoms with Gasteiger partial charge < -0.3 is 5.32 Å². The van der Waals surface area contributed by atoms with Crippen LogP contribution in [0.4, 0.5) is 0 Å². The molecule has 0 saturated heterocycles. The molecule has 1 unspecified atom stereocenters. The minimum atomic E-state index is 0.186. The quantitative estimate of drug-likeness (QED) is 0.751. The summed E-state index contributed by atoms with van der Waals surface area (Å²) in [5.41, 5.74) is 1.36.